The molecule has 2 heterocycles. The molecule has 1 amide bonds. The van der Waals surface area contributed by atoms with Crippen molar-refractivity contribution in [2.75, 3.05) is 13.2 Å². The van der Waals surface area contributed by atoms with Crippen molar-refractivity contribution in [3.63, 3.8) is 0 Å². The summed E-state index contributed by atoms with van der Waals surface area (Å²) in [4.78, 5) is 16.7. The van der Waals surface area contributed by atoms with E-state index in [9.17, 15) is 18.0 Å². The van der Waals surface area contributed by atoms with Crippen molar-refractivity contribution in [2.45, 2.75) is 37.9 Å². The number of pyridine rings is 1. The van der Waals surface area contributed by atoms with Crippen LogP contribution in [0.1, 0.15) is 42.0 Å². The van der Waals surface area contributed by atoms with Gasteiger partial charge in [-0.05, 0) is 54.5 Å². The van der Waals surface area contributed by atoms with Crippen molar-refractivity contribution in [1.82, 2.24) is 10.3 Å². The van der Waals surface area contributed by atoms with Crippen LogP contribution in [0.3, 0.4) is 0 Å². The number of carbonyl (C=O) groups excluding carboxylic acids is 1. The highest BCUT2D eigenvalue weighted by molar-refractivity contribution is 6.31. The fourth-order valence-corrected chi connectivity index (χ4v) is 3.76. The fourth-order valence-electron chi connectivity index (χ4n) is 3.53. The van der Waals surface area contributed by atoms with Gasteiger partial charge in [-0.2, -0.15) is 13.2 Å². The predicted molar refractivity (Wildman–Crippen MR) is 103 cm³/mol. The molecule has 4 nitrogen and oxygen atoms in total. The van der Waals surface area contributed by atoms with E-state index in [1.54, 1.807) is 12.4 Å². The number of alkyl halides is 3. The van der Waals surface area contributed by atoms with E-state index in [2.05, 4.69) is 10.3 Å². The normalized spacial score (nSPS) is 16.4. The minimum absolute atomic E-state index is 0.0823. The zero-order valence-corrected chi connectivity index (χ0v) is 16.5. The zero-order valence-electron chi connectivity index (χ0n) is 15.7. The van der Waals surface area contributed by atoms with Gasteiger partial charge in [0.25, 0.3) is 0 Å². The molecule has 0 spiro atoms. The van der Waals surface area contributed by atoms with Gasteiger partial charge in [0, 0.05) is 32.0 Å². The van der Waals surface area contributed by atoms with Gasteiger partial charge in [0.1, 0.15) is 0 Å². The van der Waals surface area contributed by atoms with Crippen molar-refractivity contribution in [2.24, 2.45) is 5.92 Å². The van der Waals surface area contributed by atoms with E-state index in [4.69, 9.17) is 16.3 Å². The van der Waals surface area contributed by atoms with Crippen molar-refractivity contribution in [3.8, 4) is 0 Å². The minimum Gasteiger partial charge on any atom is -0.381 e. The van der Waals surface area contributed by atoms with Gasteiger partial charge in [0.2, 0.25) is 5.91 Å². The molecule has 29 heavy (non-hydrogen) atoms. The van der Waals surface area contributed by atoms with Crippen LogP contribution in [0.25, 0.3) is 0 Å². The number of nitrogens with zero attached hydrogens (tertiary/aromatic N) is 1. The van der Waals surface area contributed by atoms with Gasteiger partial charge in [-0.25, -0.2) is 0 Å². The molecule has 8 heteroatoms. The summed E-state index contributed by atoms with van der Waals surface area (Å²) in [5.74, 6) is 0.0121. The first-order valence-corrected chi connectivity index (χ1v) is 9.85. The van der Waals surface area contributed by atoms with Crippen molar-refractivity contribution < 1.29 is 22.7 Å². The van der Waals surface area contributed by atoms with E-state index in [1.165, 1.54) is 12.1 Å². The van der Waals surface area contributed by atoms with Crippen LogP contribution in [0.5, 0.6) is 0 Å². The Kier molecular flexibility index (Phi) is 7.14. The molecule has 1 fully saturated rings. The number of halogens is 4. The Balaban J connectivity index is 1.66. The summed E-state index contributed by atoms with van der Waals surface area (Å²) in [5.41, 5.74) is 0.451. The molecule has 1 atom stereocenters. The lowest BCUT2D eigenvalue weighted by Crippen LogP contribution is -2.36. The second kappa shape index (κ2) is 9.59. The highest BCUT2D eigenvalue weighted by Crippen LogP contribution is 2.35. The molecule has 1 unspecified atom stereocenters. The molecule has 0 saturated carbocycles. The Bertz CT molecular complexity index is 824. The Hall–Kier alpha value is -2.12. The van der Waals surface area contributed by atoms with Crippen LogP contribution in [0.15, 0.2) is 42.7 Å². The number of amides is 1. The lowest BCUT2D eigenvalue weighted by atomic mass is 9.87. The van der Waals surface area contributed by atoms with Crippen LogP contribution >= 0.6 is 11.6 Å². The molecule has 0 aliphatic carbocycles. The number of hydrogen-bond donors (Lipinski definition) is 1. The number of ether oxygens (including phenoxy) is 1. The van der Waals surface area contributed by atoms with Crippen LogP contribution in [0.4, 0.5) is 13.2 Å². The smallest absolute Gasteiger partial charge is 0.381 e. The molecule has 1 aromatic heterocycles. The summed E-state index contributed by atoms with van der Waals surface area (Å²) in [6.07, 6.45) is 0.806. The molecule has 2 aromatic rings. The molecule has 1 aliphatic rings. The van der Waals surface area contributed by atoms with Crippen molar-refractivity contribution in [1.29, 1.82) is 0 Å². The highest BCUT2D eigenvalue weighted by Gasteiger charge is 2.33. The van der Waals surface area contributed by atoms with E-state index in [-0.39, 0.29) is 35.7 Å². The van der Waals surface area contributed by atoms with Crippen LogP contribution < -0.4 is 5.32 Å². The molecule has 0 radical (unpaired) electrons. The van der Waals surface area contributed by atoms with Gasteiger partial charge < -0.3 is 10.1 Å². The molecular formula is C21H22ClF3N2O2. The number of rotatable bonds is 6. The Labute approximate surface area is 172 Å². The molecule has 1 aromatic carbocycles. The quantitative estimate of drug-likeness (QED) is 0.709. The van der Waals surface area contributed by atoms with Crippen molar-refractivity contribution in [3.05, 3.63) is 64.4 Å². The SMILES string of the molecule is O=C(CCc1ccc(Cl)c(C(F)(F)F)c1)NC(c1cccnc1)C1CCOCC1. The minimum atomic E-state index is -4.52. The monoisotopic (exact) mass is 426 g/mol. The summed E-state index contributed by atoms with van der Waals surface area (Å²) in [5, 5.41) is 2.70. The van der Waals surface area contributed by atoms with Crippen molar-refractivity contribution >= 4 is 17.5 Å². The van der Waals surface area contributed by atoms with Crippen LogP contribution in [-0.2, 0) is 22.1 Å². The first-order valence-electron chi connectivity index (χ1n) is 9.47. The molecule has 0 bridgehead atoms. The Morgan fingerprint density at radius 1 is 1.28 bits per heavy atom. The van der Waals surface area contributed by atoms with Gasteiger partial charge in [0.05, 0.1) is 16.6 Å². The van der Waals surface area contributed by atoms with Crippen LogP contribution in [-0.4, -0.2) is 24.1 Å². The van der Waals surface area contributed by atoms with E-state index in [0.717, 1.165) is 24.5 Å². The van der Waals surface area contributed by atoms with Gasteiger partial charge in [0.15, 0.2) is 0 Å². The average molecular weight is 427 g/mol. The molecule has 1 N–H and O–H groups in total. The number of hydrogen-bond acceptors (Lipinski definition) is 3. The third-order valence-corrected chi connectivity index (χ3v) is 5.40. The van der Waals surface area contributed by atoms with E-state index in [0.29, 0.717) is 18.8 Å². The molecular weight excluding hydrogens is 405 g/mol. The maximum Gasteiger partial charge on any atom is 0.417 e. The summed E-state index contributed by atoms with van der Waals surface area (Å²) in [7, 11) is 0. The largest absolute Gasteiger partial charge is 0.417 e. The second-order valence-electron chi connectivity index (χ2n) is 7.09. The van der Waals surface area contributed by atoms with Crippen LogP contribution in [0, 0.1) is 5.92 Å². The van der Waals surface area contributed by atoms with Gasteiger partial charge in [-0.3, -0.25) is 9.78 Å². The average Bonchev–Trinajstić information content (AvgIpc) is 2.72. The van der Waals surface area contributed by atoms with Gasteiger partial charge >= 0.3 is 6.18 Å². The molecule has 1 aliphatic heterocycles. The van der Waals surface area contributed by atoms with Gasteiger partial charge in [-0.1, -0.05) is 23.7 Å². The standard InChI is InChI=1S/C21H22ClF3N2O2/c22-18-5-3-14(12-17(18)21(23,24)25)4-6-19(28)27-20(15-7-10-29-11-8-15)16-2-1-9-26-13-16/h1-3,5,9,12-13,15,20H,4,6-8,10-11H2,(H,27,28). The molecule has 156 valence electrons. The maximum atomic E-state index is 13.0. The number of benzene rings is 1. The third-order valence-electron chi connectivity index (χ3n) is 5.07. The van der Waals surface area contributed by atoms with E-state index in [1.807, 2.05) is 12.1 Å². The lowest BCUT2D eigenvalue weighted by molar-refractivity contribution is -0.137. The zero-order chi connectivity index (χ0) is 20.9. The van der Waals surface area contributed by atoms with Gasteiger partial charge in [-0.15, -0.1) is 0 Å². The van der Waals surface area contributed by atoms with E-state index < -0.39 is 11.7 Å². The topological polar surface area (TPSA) is 51.2 Å². The Morgan fingerprint density at radius 2 is 2.03 bits per heavy atom. The lowest BCUT2D eigenvalue weighted by Gasteiger charge is -2.31. The first-order chi connectivity index (χ1) is 13.8. The predicted octanol–water partition coefficient (Wildman–Crippen LogP) is 4.97. The molecule has 3 rings (SSSR count). The number of nitrogens with one attached hydrogen (secondary N) is 1. The maximum absolute atomic E-state index is 13.0. The third kappa shape index (κ3) is 5.93. The van der Waals surface area contributed by atoms with E-state index >= 15 is 0 Å². The number of aromatic nitrogens is 1. The van der Waals surface area contributed by atoms with Crippen LogP contribution in [0.2, 0.25) is 5.02 Å². The fraction of sp³-hybridized carbons (Fsp3) is 0.429. The first kappa shape index (κ1) is 21.6. The summed E-state index contributed by atoms with van der Waals surface area (Å²) >= 11 is 5.65. The molecule has 1 saturated heterocycles. The summed E-state index contributed by atoms with van der Waals surface area (Å²) < 4.78 is 44.5. The summed E-state index contributed by atoms with van der Waals surface area (Å²) in [6.45, 7) is 1.28. The number of aryl methyl sites for hydroxylation is 1. The summed E-state index contributed by atoms with van der Waals surface area (Å²) in [6, 6.07) is 7.28. The highest BCUT2D eigenvalue weighted by atomic mass is 35.5. The Morgan fingerprint density at radius 3 is 2.69 bits per heavy atom. The second-order valence-corrected chi connectivity index (χ2v) is 7.50. The number of carbonyl (C=O) groups is 1.